The van der Waals surface area contributed by atoms with Crippen molar-refractivity contribution >= 4 is 11.8 Å². The van der Waals surface area contributed by atoms with E-state index in [1.807, 2.05) is 15.9 Å². The van der Waals surface area contributed by atoms with E-state index in [4.69, 9.17) is 0 Å². The lowest BCUT2D eigenvalue weighted by molar-refractivity contribution is -0.141. The van der Waals surface area contributed by atoms with Crippen LogP contribution in [-0.4, -0.2) is 65.8 Å². The number of nitrogens with zero attached hydrogens (tertiary/aromatic N) is 3. The Balaban J connectivity index is 1.46. The van der Waals surface area contributed by atoms with Gasteiger partial charge in [0.25, 0.3) is 0 Å². The van der Waals surface area contributed by atoms with E-state index in [-0.39, 0.29) is 23.5 Å². The first-order valence-electron chi connectivity index (χ1n) is 9.04. The lowest BCUT2D eigenvalue weighted by Gasteiger charge is -2.38. The number of halogens is 1. The monoisotopic (exact) mass is 347 g/mol. The van der Waals surface area contributed by atoms with Gasteiger partial charge in [0, 0.05) is 58.7 Å². The molecule has 0 spiro atoms. The van der Waals surface area contributed by atoms with Gasteiger partial charge in [0.05, 0.1) is 0 Å². The highest BCUT2D eigenvalue weighted by Crippen LogP contribution is 2.21. The van der Waals surface area contributed by atoms with Gasteiger partial charge >= 0.3 is 0 Å². The SMILES string of the molecule is CC(=O)N1CCC(C(=O)N2CCN(Cc3cccc(F)c3)CC2)CC1. The average Bonchev–Trinajstić information content (AvgIpc) is 2.62. The van der Waals surface area contributed by atoms with Crippen LogP contribution < -0.4 is 0 Å². The average molecular weight is 347 g/mol. The Labute approximate surface area is 148 Å². The maximum Gasteiger partial charge on any atom is 0.225 e. The maximum absolute atomic E-state index is 13.3. The maximum atomic E-state index is 13.3. The number of piperidine rings is 1. The third-order valence-corrected chi connectivity index (χ3v) is 5.27. The fraction of sp³-hybridized carbons (Fsp3) is 0.579. The second-order valence-corrected chi connectivity index (χ2v) is 7.01. The number of hydrogen-bond acceptors (Lipinski definition) is 3. The molecule has 0 bridgehead atoms. The number of carbonyl (C=O) groups excluding carboxylic acids is 2. The number of benzene rings is 1. The fourth-order valence-corrected chi connectivity index (χ4v) is 3.72. The van der Waals surface area contributed by atoms with Crippen molar-refractivity contribution in [1.82, 2.24) is 14.7 Å². The largest absolute Gasteiger partial charge is 0.343 e. The van der Waals surface area contributed by atoms with Gasteiger partial charge in [0.1, 0.15) is 5.82 Å². The number of amides is 2. The van der Waals surface area contributed by atoms with E-state index in [1.54, 1.807) is 19.1 Å². The molecule has 0 atom stereocenters. The molecular weight excluding hydrogens is 321 g/mol. The molecule has 2 aliphatic heterocycles. The molecule has 0 unspecified atom stereocenters. The van der Waals surface area contributed by atoms with Crippen molar-refractivity contribution < 1.29 is 14.0 Å². The second kappa shape index (κ2) is 7.95. The Morgan fingerprint density at radius 2 is 1.72 bits per heavy atom. The van der Waals surface area contributed by atoms with Gasteiger partial charge in [-0.2, -0.15) is 0 Å². The summed E-state index contributed by atoms with van der Waals surface area (Å²) in [5.41, 5.74) is 0.969. The summed E-state index contributed by atoms with van der Waals surface area (Å²) < 4.78 is 13.3. The Kier molecular flexibility index (Phi) is 5.68. The molecule has 25 heavy (non-hydrogen) atoms. The molecule has 2 aliphatic rings. The zero-order valence-corrected chi connectivity index (χ0v) is 14.8. The third-order valence-electron chi connectivity index (χ3n) is 5.27. The summed E-state index contributed by atoms with van der Waals surface area (Å²) >= 11 is 0. The van der Waals surface area contributed by atoms with Crippen LogP contribution in [0.5, 0.6) is 0 Å². The summed E-state index contributed by atoms with van der Waals surface area (Å²) in [7, 11) is 0. The predicted octanol–water partition coefficient (Wildman–Crippen LogP) is 1.73. The quantitative estimate of drug-likeness (QED) is 0.836. The van der Waals surface area contributed by atoms with Crippen LogP contribution >= 0.6 is 0 Å². The topological polar surface area (TPSA) is 43.9 Å². The van der Waals surface area contributed by atoms with Crippen molar-refractivity contribution in [3.8, 4) is 0 Å². The van der Waals surface area contributed by atoms with E-state index in [0.717, 1.165) is 51.1 Å². The van der Waals surface area contributed by atoms with Crippen LogP contribution in [0, 0.1) is 11.7 Å². The van der Waals surface area contributed by atoms with Gasteiger partial charge in [-0.3, -0.25) is 14.5 Å². The number of likely N-dealkylation sites (tertiary alicyclic amines) is 1. The molecule has 0 radical (unpaired) electrons. The normalized spacial score (nSPS) is 19.9. The summed E-state index contributed by atoms with van der Waals surface area (Å²) in [6, 6.07) is 6.69. The molecule has 136 valence electrons. The van der Waals surface area contributed by atoms with Crippen LogP contribution in [0.25, 0.3) is 0 Å². The summed E-state index contributed by atoms with van der Waals surface area (Å²) in [5, 5.41) is 0. The number of rotatable bonds is 3. The number of hydrogen-bond donors (Lipinski definition) is 0. The van der Waals surface area contributed by atoms with E-state index < -0.39 is 0 Å². The van der Waals surface area contributed by atoms with E-state index >= 15 is 0 Å². The van der Waals surface area contributed by atoms with Crippen molar-refractivity contribution in [1.29, 1.82) is 0 Å². The highest BCUT2D eigenvalue weighted by molar-refractivity contribution is 5.80. The summed E-state index contributed by atoms with van der Waals surface area (Å²) in [6.45, 7) is 6.75. The van der Waals surface area contributed by atoms with Gasteiger partial charge in [-0.15, -0.1) is 0 Å². The summed E-state index contributed by atoms with van der Waals surface area (Å²) in [4.78, 5) is 30.1. The predicted molar refractivity (Wildman–Crippen MR) is 93.2 cm³/mol. The number of carbonyl (C=O) groups is 2. The van der Waals surface area contributed by atoms with E-state index in [9.17, 15) is 14.0 Å². The van der Waals surface area contributed by atoms with Gasteiger partial charge in [0.2, 0.25) is 11.8 Å². The van der Waals surface area contributed by atoms with Crippen LogP contribution in [0.4, 0.5) is 4.39 Å². The molecule has 0 aliphatic carbocycles. The van der Waals surface area contributed by atoms with Crippen molar-refractivity contribution in [3.63, 3.8) is 0 Å². The van der Waals surface area contributed by atoms with Gasteiger partial charge in [0.15, 0.2) is 0 Å². The van der Waals surface area contributed by atoms with Crippen molar-refractivity contribution in [2.75, 3.05) is 39.3 Å². The minimum Gasteiger partial charge on any atom is -0.343 e. The molecule has 5 nitrogen and oxygen atoms in total. The second-order valence-electron chi connectivity index (χ2n) is 7.01. The highest BCUT2D eigenvalue weighted by atomic mass is 19.1. The van der Waals surface area contributed by atoms with Crippen LogP contribution in [0.2, 0.25) is 0 Å². The van der Waals surface area contributed by atoms with Crippen LogP contribution in [-0.2, 0) is 16.1 Å². The van der Waals surface area contributed by atoms with Gasteiger partial charge in [-0.1, -0.05) is 12.1 Å². The van der Waals surface area contributed by atoms with E-state index in [0.29, 0.717) is 13.1 Å². The first kappa shape index (κ1) is 17.9. The van der Waals surface area contributed by atoms with E-state index in [1.165, 1.54) is 6.07 Å². The molecule has 2 fully saturated rings. The highest BCUT2D eigenvalue weighted by Gasteiger charge is 2.30. The Bertz CT molecular complexity index is 621. The lowest BCUT2D eigenvalue weighted by atomic mass is 9.95. The van der Waals surface area contributed by atoms with Crippen LogP contribution in [0.15, 0.2) is 24.3 Å². The molecule has 0 aromatic heterocycles. The minimum atomic E-state index is -0.205. The summed E-state index contributed by atoms with van der Waals surface area (Å²) in [6.07, 6.45) is 1.53. The van der Waals surface area contributed by atoms with Crippen molar-refractivity contribution in [2.24, 2.45) is 5.92 Å². The molecule has 2 heterocycles. The molecule has 0 saturated carbocycles. The molecular formula is C19H26FN3O2. The first-order valence-corrected chi connectivity index (χ1v) is 9.04. The Morgan fingerprint density at radius 1 is 1.04 bits per heavy atom. The zero-order valence-electron chi connectivity index (χ0n) is 14.8. The van der Waals surface area contributed by atoms with E-state index in [2.05, 4.69) is 4.90 Å². The van der Waals surface area contributed by atoms with Crippen molar-refractivity contribution in [2.45, 2.75) is 26.3 Å². The molecule has 2 saturated heterocycles. The Hall–Kier alpha value is -1.95. The molecule has 2 amide bonds. The third kappa shape index (κ3) is 4.57. The molecule has 1 aromatic rings. The van der Waals surface area contributed by atoms with Gasteiger partial charge < -0.3 is 9.80 Å². The fourth-order valence-electron chi connectivity index (χ4n) is 3.72. The van der Waals surface area contributed by atoms with Crippen LogP contribution in [0.3, 0.4) is 0 Å². The Morgan fingerprint density at radius 3 is 2.32 bits per heavy atom. The molecule has 3 rings (SSSR count). The standard InChI is InChI=1S/C19H26FN3O2/c1-15(24)22-7-5-17(6-8-22)19(25)23-11-9-21(10-12-23)14-16-3-2-4-18(20)13-16/h2-4,13,17H,5-12,14H2,1H3. The minimum absolute atomic E-state index is 0.0466. The van der Waals surface area contributed by atoms with Gasteiger partial charge in [-0.25, -0.2) is 4.39 Å². The smallest absolute Gasteiger partial charge is 0.225 e. The van der Waals surface area contributed by atoms with Crippen LogP contribution in [0.1, 0.15) is 25.3 Å². The summed E-state index contributed by atoms with van der Waals surface area (Å²) in [5.74, 6) is 0.166. The molecule has 6 heteroatoms. The van der Waals surface area contributed by atoms with Gasteiger partial charge in [-0.05, 0) is 30.5 Å². The first-order chi connectivity index (χ1) is 12.0. The number of piperazine rings is 1. The molecule has 1 aromatic carbocycles. The lowest BCUT2D eigenvalue weighted by Crippen LogP contribution is -2.51. The molecule has 0 N–H and O–H groups in total. The zero-order chi connectivity index (χ0) is 17.8. The van der Waals surface area contributed by atoms with Crippen molar-refractivity contribution in [3.05, 3.63) is 35.6 Å².